The molecular weight excluding hydrogens is 1000 g/mol. The molecule has 9 fully saturated rings. The Hall–Kier alpha value is -1.59. The summed E-state index contributed by atoms with van der Waals surface area (Å²) in [7, 11) is 0. The van der Waals surface area contributed by atoms with Gasteiger partial charge in [0.25, 0.3) is 0 Å². The Kier molecular flexibility index (Phi) is 16.8. The van der Waals surface area contributed by atoms with Gasteiger partial charge in [0.2, 0.25) is 6.29 Å². The van der Waals surface area contributed by atoms with Gasteiger partial charge in [-0.15, -0.1) is 0 Å². The summed E-state index contributed by atoms with van der Waals surface area (Å²) in [5.41, 5.74) is -0.824. The van der Waals surface area contributed by atoms with Crippen LogP contribution in [0.1, 0.15) is 113 Å². The zero-order valence-corrected chi connectivity index (χ0v) is 44.9. The molecule has 22 nitrogen and oxygen atoms in total. The van der Waals surface area contributed by atoms with Crippen LogP contribution in [0.5, 0.6) is 0 Å². The second-order valence-electron chi connectivity index (χ2n) is 25.8. The largest absolute Gasteiger partial charge is 0.432 e. The topological polar surface area (TPSA) is 354 Å². The maximum absolute atomic E-state index is 15.1. The highest BCUT2D eigenvalue weighted by molar-refractivity contribution is 5.78. The highest BCUT2D eigenvalue weighted by atomic mass is 16.8. The first kappa shape index (κ1) is 59.0. The minimum atomic E-state index is -1.87. The first-order valence-corrected chi connectivity index (χ1v) is 27.7. The lowest BCUT2D eigenvalue weighted by Crippen LogP contribution is -2.68. The molecule has 4 saturated heterocycles. The number of rotatable bonds is 12. The third-order valence-electron chi connectivity index (χ3n) is 21.8. The van der Waals surface area contributed by atoms with E-state index >= 15 is 4.79 Å². The molecular formula is C54H88O22. The zero-order chi connectivity index (χ0) is 55.5. The van der Waals surface area contributed by atoms with Gasteiger partial charge in [-0.1, -0.05) is 46.8 Å². The van der Waals surface area contributed by atoms with E-state index in [0.29, 0.717) is 31.6 Å². The fourth-order valence-electron chi connectivity index (χ4n) is 17.3. The van der Waals surface area contributed by atoms with Crippen LogP contribution in [-0.4, -0.2) is 221 Å². The van der Waals surface area contributed by atoms with E-state index in [0.717, 1.165) is 44.1 Å². The zero-order valence-electron chi connectivity index (χ0n) is 44.9. The molecule has 0 bridgehead atoms. The van der Waals surface area contributed by atoms with Gasteiger partial charge in [0.15, 0.2) is 18.9 Å². The Morgan fingerprint density at radius 2 is 1.13 bits per heavy atom. The van der Waals surface area contributed by atoms with Crippen LogP contribution in [0.3, 0.4) is 0 Å². The molecule has 9 rings (SSSR count). The Balaban J connectivity index is 0.879. The molecule has 0 unspecified atom stereocenters. The molecule has 0 aromatic rings. The van der Waals surface area contributed by atoms with E-state index in [-0.39, 0.29) is 51.4 Å². The quantitative estimate of drug-likeness (QED) is 0.0623. The lowest BCUT2D eigenvalue weighted by Gasteiger charge is -2.73. The number of esters is 1. The van der Waals surface area contributed by atoms with E-state index in [2.05, 4.69) is 41.2 Å². The molecule has 13 N–H and O–H groups in total. The minimum Gasteiger partial charge on any atom is -0.432 e. The van der Waals surface area contributed by atoms with Crippen molar-refractivity contribution in [2.24, 2.45) is 56.7 Å². The summed E-state index contributed by atoms with van der Waals surface area (Å²) in [5.74, 6) is -0.0967. The summed E-state index contributed by atoms with van der Waals surface area (Å²) in [5, 5.41) is 139. The highest BCUT2D eigenvalue weighted by Gasteiger charge is 2.73. The van der Waals surface area contributed by atoms with Gasteiger partial charge in [0.05, 0.1) is 37.4 Å². The number of aliphatic hydroxyl groups excluding tert-OH is 13. The predicted molar refractivity (Wildman–Crippen MR) is 261 cm³/mol. The fourth-order valence-corrected chi connectivity index (χ4v) is 17.3. The molecule has 0 radical (unpaired) electrons. The lowest BCUT2D eigenvalue weighted by molar-refractivity contribution is -0.361. The molecule has 22 heteroatoms. The molecule has 5 aliphatic carbocycles. The van der Waals surface area contributed by atoms with E-state index in [1.54, 1.807) is 0 Å². The van der Waals surface area contributed by atoms with Gasteiger partial charge in [-0.05, 0) is 129 Å². The summed E-state index contributed by atoms with van der Waals surface area (Å²) in [6.45, 7) is 17.6. The van der Waals surface area contributed by atoms with Gasteiger partial charge in [0.1, 0.15) is 91.6 Å². The number of allylic oxidation sites excluding steroid dienone is 1. The average molecular weight is 1090 g/mol. The Labute approximate surface area is 444 Å². The van der Waals surface area contributed by atoms with E-state index < -0.39 is 154 Å². The molecule has 4 aliphatic heterocycles. The van der Waals surface area contributed by atoms with E-state index in [1.807, 2.05) is 6.92 Å². The standard InChI is InChI=1S/C54H88O22/c1-22(2)24-11-16-54(49(68)76-48-42(66)38(62)35(59)28(73-48)21-69-45-43(67)39(63)44(27(20-56)72-45)75-46-40(64)36(60)33(57)23(3)70-46)18-17-52(7)25(32(24)54)9-10-30-51(6)14-13-31(50(4,5)29(51)12-15-53(30,52)8)74-47-41(65)37(61)34(58)26(19-55)71-47/h23-48,55-67H,1,9-21H2,2-8H3/t23-,24-,25+,26+,27+,28+,29+,30+,31+,32+,33-,34+,35+,36+,37-,38-,39+,40+,41+,42+,43+,44+,45+,46-,47-,48-,51-,52+,53+,54-/m0/s1. The fraction of sp³-hybridized carbons (Fsp3) is 0.944. The average Bonchev–Trinajstić information content (AvgIpc) is 3.95. The van der Waals surface area contributed by atoms with Crippen LogP contribution in [0.25, 0.3) is 0 Å². The second kappa shape index (κ2) is 21.6. The van der Waals surface area contributed by atoms with E-state index in [1.165, 1.54) is 6.92 Å². The van der Waals surface area contributed by atoms with Crippen molar-refractivity contribution in [2.45, 2.75) is 242 Å². The van der Waals surface area contributed by atoms with Crippen molar-refractivity contribution in [1.29, 1.82) is 0 Å². The highest BCUT2D eigenvalue weighted by Crippen LogP contribution is 2.78. The van der Waals surface area contributed by atoms with Gasteiger partial charge < -0.3 is 104 Å². The third kappa shape index (κ3) is 9.38. The van der Waals surface area contributed by atoms with Crippen molar-refractivity contribution in [2.75, 3.05) is 19.8 Å². The van der Waals surface area contributed by atoms with Gasteiger partial charge in [-0.3, -0.25) is 4.79 Å². The molecule has 0 aromatic heterocycles. The van der Waals surface area contributed by atoms with Crippen LogP contribution in [0.15, 0.2) is 12.2 Å². The number of hydrogen-bond acceptors (Lipinski definition) is 22. The number of fused-ring (bicyclic) bond motifs is 7. The van der Waals surface area contributed by atoms with Crippen LogP contribution < -0.4 is 0 Å². The van der Waals surface area contributed by atoms with Crippen LogP contribution in [0, 0.1) is 56.7 Å². The van der Waals surface area contributed by atoms with Gasteiger partial charge in [-0.25, -0.2) is 0 Å². The monoisotopic (exact) mass is 1090 g/mol. The number of hydrogen-bond donors (Lipinski definition) is 13. The molecule has 9 aliphatic rings. The Morgan fingerprint density at radius 1 is 0.553 bits per heavy atom. The van der Waals surface area contributed by atoms with E-state index in [4.69, 9.17) is 37.9 Å². The SMILES string of the molecule is C=C(C)[C@@H]1CC[C@]2(C(=O)O[C@@H]3O[C@H](CO[C@@H]4O[C@H](CO)[C@@H](O[C@@H]5O[C@@H](C)[C@H](O)[C@@H](O)[C@H]5O)[C@H](O)[C@H]4O)[C@@H](O)[C@H](O)[C@H]3O)CC[C@]3(C)[C@H](CC[C@@H]4[C@@]5(C)CC[C@@H](O[C@@H]6O[C@H](CO)[C@@H](O)[C@H](O)[C@H]6O)C(C)(C)[C@H]5CC[C@]43C)[C@@H]12. The smallest absolute Gasteiger partial charge is 0.314 e. The minimum absolute atomic E-state index is 0.00252. The van der Waals surface area contributed by atoms with Gasteiger partial charge in [0, 0.05) is 0 Å². The number of ether oxygens (including phenoxy) is 8. The molecule has 76 heavy (non-hydrogen) atoms. The van der Waals surface area contributed by atoms with Crippen LogP contribution >= 0.6 is 0 Å². The van der Waals surface area contributed by atoms with Gasteiger partial charge in [-0.2, -0.15) is 0 Å². The maximum Gasteiger partial charge on any atom is 0.314 e. The molecule has 4 heterocycles. The molecule has 436 valence electrons. The molecule has 0 aromatic carbocycles. The lowest BCUT2D eigenvalue weighted by atomic mass is 9.32. The van der Waals surface area contributed by atoms with Crippen LogP contribution in [-0.2, 0) is 42.7 Å². The first-order chi connectivity index (χ1) is 35.6. The van der Waals surface area contributed by atoms with Crippen molar-refractivity contribution < 1.29 is 109 Å². The molecule has 5 saturated carbocycles. The van der Waals surface area contributed by atoms with Crippen LogP contribution in [0.2, 0.25) is 0 Å². The summed E-state index contributed by atoms with van der Waals surface area (Å²) in [6, 6.07) is 0. The van der Waals surface area contributed by atoms with Crippen molar-refractivity contribution >= 4 is 5.97 Å². The maximum atomic E-state index is 15.1. The van der Waals surface area contributed by atoms with Crippen molar-refractivity contribution in [1.82, 2.24) is 0 Å². The number of aliphatic hydroxyl groups is 13. The summed E-state index contributed by atoms with van der Waals surface area (Å²) in [4.78, 5) is 15.1. The summed E-state index contributed by atoms with van der Waals surface area (Å²) < 4.78 is 47.2. The van der Waals surface area contributed by atoms with Crippen molar-refractivity contribution in [3.05, 3.63) is 12.2 Å². The second-order valence-corrected chi connectivity index (χ2v) is 25.8. The van der Waals surface area contributed by atoms with Crippen molar-refractivity contribution in [3.8, 4) is 0 Å². The third-order valence-corrected chi connectivity index (χ3v) is 21.8. The molecule has 0 amide bonds. The first-order valence-electron chi connectivity index (χ1n) is 27.7. The Bertz CT molecular complexity index is 2060. The molecule has 0 spiro atoms. The van der Waals surface area contributed by atoms with E-state index in [9.17, 15) is 66.4 Å². The normalized spacial score (nSPS) is 55.1. The van der Waals surface area contributed by atoms with Crippen molar-refractivity contribution in [3.63, 3.8) is 0 Å². The number of carbonyl (C=O) groups is 1. The molecule has 30 atom stereocenters. The summed E-state index contributed by atoms with van der Waals surface area (Å²) >= 11 is 0. The number of carbonyl (C=O) groups excluding carboxylic acids is 1. The van der Waals surface area contributed by atoms with Crippen LogP contribution in [0.4, 0.5) is 0 Å². The Morgan fingerprint density at radius 3 is 1.78 bits per heavy atom. The summed E-state index contributed by atoms with van der Waals surface area (Å²) in [6.07, 6.45) is -24.0. The predicted octanol–water partition coefficient (Wildman–Crippen LogP) is -1.15. The van der Waals surface area contributed by atoms with Gasteiger partial charge >= 0.3 is 5.97 Å².